The van der Waals surface area contributed by atoms with Crippen molar-refractivity contribution in [3.8, 4) is 0 Å². The second kappa shape index (κ2) is 6.54. The lowest BCUT2D eigenvalue weighted by Gasteiger charge is -2.17. The zero-order chi connectivity index (χ0) is 13.7. The molecule has 5 nitrogen and oxygen atoms in total. The van der Waals surface area contributed by atoms with Gasteiger partial charge in [-0.2, -0.15) is 0 Å². The zero-order valence-electron chi connectivity index (χ0n) is 10.8. The van der Waals surface area contributed by atoms with Crippen LogP contribution < -0.4 is 5.32 Å². The Hall–Kier alpha value is -1.36. The lowest BCUT2D eigenvalue weighted by molar-refractivity contribution is -0.384. The number of rotatable bonds is 6. The molecule has 6 heteroatoms. The average Bonchev–Trinajstić information content (AvgIpc) is 2.27. The Morgan fingerprint density at radius 2 is 2.17 bits per heavy atom. The zero-order valence-corrected chi connectivity index (χ0v) is 11.6. The highest BCUT2D eigenvalue weighted by Gasteiger charge is 2.13. The summed E-state index contributed by atoms with van der Waals surface area (Å²) < 4.78 is 0. The Morgan fingerprint density at radius 3 is 2.72 bits per heavy atom. The molecule has 0 fully saturated rings. The van der Waals surface area contributed by atoms with E-state index in [-0.39, 0.29) is 16.9 Å². The minimum atomic E-state index is -0.474. The van der Waals surface area contributed by atoms with Crippen molar-refractivity contribution in [2.75, 3.05) is 5.32 Å². The van der Waals surface area contributed by atoms with Gasteiger partial charge in [0.05, 0.1) is 17.1 Å². The Morgan fingerprint density at radius 1 is 1.50 bits per heavy atom. The number of nitro groups is 1. The van der Waals surface area contributed by atoms with E-state index in [1.807, 2.05) is 6.92 Å². The largest absolute Gasteiger partial charge is 0.367 e. The standard InChI is InChI=1S/C12H18ClN3O2/c1-4-8(2)5-9(3)14-12-7-10(16(17)18)6-11(13)15-12/h6-9H,4-5H2,1-3H3,(H,14,15). The third-order valence-corrected chi connectivity index (χ3v) is 3.03. The molecule has 0 saturated heterocycles. The minimum Gasteiger partial charge on any atom is -0.367 e. The van der Waals surface area contributed by atoms with E-state index in [0.717, 1.165) is 12.8 Å². The SMILES string of the molecule is CCC(C)CC(C)Nc1cc([N+](=O)[O-])cc(Cl)n1. The van der Waals surface area contributed by atoms with Crippen LogP contribution in [0.5, 0.6) is 0 Å². The Bertz CT molecular complexity index is 426. The van der Waals surface area contributed by atoms with Crippen molar-refractivity contribution in [1.82, 2.24) is 4.98 Å². The van der Waals surface area contributed by atoms with Gasteiger partial charge >= 0.3 is 0 Å². The first kappa shape index (κ1) is 14.7. The molecule has 1 N–H and O–H groups in total. The second-order valence-corrected chi connectivity index (χ2v) is 4.97. The molecule has 0 spiro atoms. The van der Waals surface area contributed by atoms with Crippen molar-refractivity contribution in [3.05, 3.63) is 27.4 Å². The first-order chi connectivity index (χ1) is 8.42. The first-order valence-electron chi connectivity index (χ1n) is 6.00. The van der Waals surface area contributed by atoms with E-state index < -0.39 is 4.92 Å². The number of hydrogen-bond acceptors (Lipinski definition) is 4. The van der Waals surface area contributed by atoms with Crippen LogP contribution in [0.3, 0.4) is 0 Å². The molecule has 0 bridgehead atoms. The number of anilines is 1. The molecule has 0 saturated carbocycles. The first-order valence-corrected chi connectivity index (χ1v) is 6.38. The van der Waals surface area contributed by atoms with Crippen LogP contribution in [0.25, 0.3) is 0 Å². The number of hydrogen-bond donors (Lipinski definition) is 1. The number of aromatic nitrogens is 1. The maximum Gasteiger partial charge on any atom is 0.276 e. The summed E-state index contributed by atoms with van der Waals surface area (Å²) in [6, 6.07) is 2.84. The highest BCUT2D eigenvalue weighted by Crippen LogP contribution is 2.22. The normalized spacial score (nSPS) is 14.0. The molecule has 0 radical (unpaired) electrons. The van der Waals surface area contributed by atoms with Gasteiger partial charge in [-0.15, -0.1) is 0 Å². The number of halogens is 1. The third kappa shape index (κ3) is 4.49. The van der Waals surface area contributed by atoms with Crippen molar-refractivity contribution in [1.29, 1.82) is 0 Å². The molecule has 2 atom stereocenters. The van der Waals surface area contributed by atoms with E-state index in [0.29, 0.717) is 11.7 Å². The number of nitrogens with one attached hydrogen (secondary N) is 1. The number of nitrogens with zero attached hydrogens (tertiary/aromatic N) is 2. The van der Waals surface area contributed by atoms with Gasteiger partial charge < -0.3 is 5.32 Å². The van der Waals surface area contributed by atoms with Crippen molar-refractivity contribution in [2.24, 2.45) is 5.92 Å². The monoisotopic (exact) mass is 271 g/mol. The molecule has 0 aromatic carbocycles. The van der Waals surface area contributed by atoms with Crippen LogP contribution in [0.2, 0.25) is 5.15 Å². The van der Waals surface area contributed by atoms with Crippen LogP contribution in [0, 0.1) is 16.0 Å². The fourth-order valence-corrected chi connectivity index (χ4v) is 1.95. The van der Waals surface area contributed by atoms with E-state index in [9.17, 15) is 10.1 Å². The molecule has 100 valence electrons. The van der Waals surface area contributed by atoms with Gasteiger partial charge in [-0.3, -0.25) is 10.1 Å². The van der Waals surface area contributed by atoms with Crippen LogP contribution in [-0.2, 0) is 0 Å². The van der Waals surface area contributed by atoms with Crippen LogP contribution in [0.1, 0.15) is 33.6 Å². The van der Waals surface area contributed by atoms with Crippen LogP contribution >= 0.6 is 11.6 Å². The molecule has 0 aliphatic heterocycles. The van der Waals surface area contributed by atoms with Crippen molar-refractivity contribution in [3.63, 3.8) is 0 Å². The molecule has 0 amide bonds. The van der Waals surface area contributed by atoms with Gasteiger partial charge in [0.1, 0.15) is 11.0 Å². The average molecular weight is 272 g/mol. The summed E-state index contributed by atoms with van der Waals surface area (Å²) in [5.41, 5.74) is -0.0479. The lowest BCUT2D eigenvalue weighted by Crippen LogP contribution is -2.19. The van der Waals surface area contributed by atoms with E-state index in [1.165, 1.54) is 12.1 Å². The van der Waals surface area contributed by atoms with Crippen molar-refractivity contribution < 1.29 is 4.92 Å². The predicted octanol–water partition coefficient (Wildman–Crippen LogP) is 3.88. The lowest BCUT2D eigenvalue weighted by atomic mass is 10.0. The summed E-state index contributed by atoms with van der Waals surface area (Å²) in [6.07, 6.45) is 2.09. The van der Waals surface area contributed by atoms with E-state index in [2.05, 4.69) is 24.1 Å². The summed E-state index contributed by atoms with van der Waals surface area (Å²) in [6.45, 7) is 6.34. The van der Waals surface area contributed by atoms with Gasteiger partial charge in [-0.1, -0.05) is 31.9 Å². The molecule has 1 aromatic rings. The van der Waals surface area contributed by atoms with Gasteiger partial charge in [-0.05, 0) is 19.3 Å². The molecular weight excluding hydrogens is 254 g/mol. The fraction of sp³-hybridized carbons (Fsp3) is 0.583. The predicted molar refractivity (Wildman–Crippen MR) is 73.1 cm³/mol. The van der Waals surface area contributed by atoms with Gasteiger partial charge in [0, 0.05) is 6.04 Å². The van der Waals surface area contributed by atoms with Crippen LogP contribution in [0.4, 0.5) is 11.5 Å². The topological polar surface area (TPSA) is 68.1 Å². The van der Waals surface area contributed by atoms with Crippen molar-refractivity contribution >= 4 is 23.1 Å². The van der Waals surface area contributed by atoms with Gasteiger partial charge in [0.15, 0.2) is 0 Å². The molecule has 1 aromatic heterocycles. The third-order valence-electron chi connectivity index (χ3n) is 2.84. The molecule has 18 heavy (non-hydrogen) atoms. The minimum absolute atomic E-state index is 0.0479. The summed E-state index contributed by atoms with van der Waals surface area (Å²) in [5.74, 6) is 1.05. The highest BCUT2D eigenvalue weighted by atomic mass is 35.5. The second-order valence-electron chi connectivity index (χ2n) is 4.58. The summed E-state index contributed by atoms with van der Waals surface area (Å²) in [5, 5.41) is 14.0. The van der Waals surface area contributed by atoms with Gasteiger partial charge in [0.25, 0.3) is 5.69 Å². The fourth-order valence-electron chi connectivity index (χ4n) is 1.74. The van der Waals surface area contributed by atoms with E-state index in [4.69, 9.17) is 11.6 Å². The molecule has 1 rings (SSSR count). The molecule has 0 aliphatic carbocycles. The summed E-state index contributed by atoms with van der Waals surface area (Å²) in [7, 11) is 0. The number of pyridine rings is 1. The molecule has 2 unspecified atom stereocenters. The Kier molecular flexibility index (Phi) is 5.34. The summed E-state index contributed by atoms with van der Waals surface area (Å²) >= 11 is 5.75. The van der Waals surface area contributed by atoms with Crippen LogP contribution in [-0.4, -0.2) is 15.9 Å². The van der Waals surface area contributed by atoms with Gasteiger partial charge in [0.2, 0.25) is 0 Å². The molecule has 1 heterocycles. The Balaban J connectivity index is 2.75. The Labute approximate surface area is 112 Å². The molecule has 0 aliphatic rings. The van der Waals surface area contributed by atoms with Gasteiger partial charge in [-0.25, -0.2) is 4.98 Å². The maximum atomic E-state index is 10.7. The quantitative estimate of drug-likeness (QED) is 0.484. The maximum absolute atomic E-state index is 10.7. The van der Waals surface area contributed by atoms with E-state index >= 15 is 0 Å². The summed E-state index contributed by atoms with van der Waals surface area (Å²) in [4.78, 5) is 14.3. The molecular formula is C12H18ClN3O2. The van der Waals surface area contributed by atoms with Crippen LogP contribution in [0.15, 0.2) is 12.1 Å². The highest BCUT2D eigenvalue weighted by molar-refractivity contribution is 6.29. The smallest absolute Gasteiger partial charge is 0.276 e. The van der Waals surface area contributed by atoms with E-state index in [1.54, 1.807) is 0 Å². The van der Waals surface area contributed by atoms with Crippen molar-refractivity contribution in [2.45, 2.75) is 39.7 Å².